The van der Waals surface area contributed by atoms with Gasteiger partial charge in [-0.15, -0.1) is 24.0 Å². The van der Waals surface area contributed by atoms with Gasteiger partial charge in [-0.25, -0.2) is 0 Å². The van der Waals surface area contributed by atoms with E-state index in [9.17, 15) is 13.2 Å². The van der Waals surface area contributed by atoms with Crippen molar-refractivity contribution in [1.29, 1.82) is 0 Å². The highest BCUT2D eigenvalue weighted by atomic mass is 127. The van der Waals surface area contributed by atoms with Gasteiger partial charge in [0.05, 0.1) is 5.56 Å². The largest absolute Gasteiger partial charge is 0.416 e. The first kappa shape index (κ1) is 23.4. The second-order valence-corrected chi connectivity index (χ2v) is 8.43. The standard InChI is InChI=1S/C22H29F3N4.HI/c1-26-20(29-13-8-19(15-29)28-11-2-3-12-28)27-16-21(9-5-10-21)17-6-4-7-18(14-17)22(23,24)25;/h2-4,6-7,14,19H,5,8-13,15-16H2,1H3,(H,26,27);1H. The van der Waals surface area contributed by atoms with Crippen LogP contribution in [0.4, 0.5) is 13.2 Å². The minimum atomic E-state index is -4.31. The van der Waals surface area contributed by atoms with Crippen molar-refractivity contribution in [2.75, 3.05) is 39.8 Å². The molecule has 0 aromatic heterocycles. The van der Waals surface area contributed by atoms with Gasteiger partial charge >= 0.3 is 6.18 Å². The highest BCUT2D eigenvalue weighted by Gasteiger charge is 2.41. The molecule has 2 heterocycles. The van der Waals surface area contributed by atoms with Crippen molar-refractivity contribution in [3.8, 4) is 0 Å². The molecular weight excluding hydrogens is 504 g/mol. The Balaban J connectivity index is 0.00000256. The second kappa shape index (κ2) is 9.46. The molecule has 8 heteroatoms. The summed E-state index contributed by atoms with van der Waals surface area (Å²) in [6, 6.07) is 6.38. The molecule has 1 saturated carbocycles. The quantitative estimate of drug-likeness (QED) is 0.271. The van der Waals surface area contributed by atoms with Gasteiger partial charge in [0.1, 0.15) is 0 Å². The van der Waals surface area contributed by atoms with Gasteiger partial charge in [-0.3, -0.25) is 9.89 Å². The Hall–Kier alpha value is -1.29. The van der Waals surface area contributed by atoms with Crippen LogP contribution in [0.2, 0.25) is 0 Å². The summed E-state index contributed by atoms with van der Waals surface area (Å²) in [7, 11) is 1.78. The van der Waals surface area contributed by atoms with Crippen LogP contribution in [0, 0.1) is 0 Å². The van der Waals surface area contributed by atoms with Crippen LogP contribution in [0.3, 0.4) is 0 Å². The predicted octanol–water partition coefficient (Wildman–Crippen LogP) is 4.27. The van der Waals surface area contributed by atoms with Gasteiger partial charge < -0.3 is 10.2 Å². The maximum absolute atomic E-state index is 13.2. The van der Waals surface area contributed by atoms with Crippen LogP contribution >= 0.6 is 24.0 Å². The van der Waals surface area contributed by atoms with Crippen molar-refractivity contribution < 1.29 is 13.2 Å². The smallest absolute Gasteiger partial charge is 0.355 e. The van der Waals surface area contributed by atoms with Crippen molar-refractivity contribution in [3.05, 3.63) is 47.5 Å². The Bertz CT molecular complexity index is 781. The lowest BCUT2D eigenvalue weighted by Gasteiger charge is -2.43. The molecule has 4 rings (SSSR count). The van der Waals surface area contributed by atoms with Crippen LogP contribution in [-0.4, -0.2) is 61.6 Å². The second-order valence-electron chi connectivity index (χ2n) is 8.43. The maximum Gasteiger partial charge on any atom is 0.416 e. The van der Waals surface area contributed by atoms with Crippen molar-refractivity contribution in [3.63, 3.8) is 0 Å². The molecule has 0 radical (unpaired) electrons. The van der Waals surface area contributed by atoms with E-state index >= 15 is 0 Å². The van der Waals surface area contributed by atoms with E-state index in [0.29, 0.717) is 12.6 Å². The topological polar surface area (TPSA) is 30.9 Å². The molecule has 1 saturated heterocycles. The zero-order valence-electron chi connectivity index (χ0n) is 17.3. The van der Waals surface area contributed by atoms with Crippen LogP contribution in [-0.2, 0) is 11.6 Å². The lowest BCUT2D eigenvalue weighted by molar-refractivity contribution is -0.137. The molecule has 1 aromatic rings. The van der Waals surface area contributed by atoms with E-state index in [-0.39, 0.29) is 29.4 Å². The SMILES string of the molecule is CN=C(NCC1(c2cccc(C(F)(F)F)c2)CCC1)N1CCC(N2CC=CC2)C1.I. The Morgan fingerprint density at radius 2 is 1.97 bits per heavy atom. The van der Waals surface area contributed by atoms with Crippen LogP contribution in [0.25, 0.3) is 0 Å². The number of alkyl halides is 3. The van der Waals surface area contributed by atoms with Crippen molar-refractivity contribution in [2.24, 2.45) is 4.99 Å². The van der Waals surface area contributed by atoms with Gasteiger partial charge in [0.15, 0.2) is 5.96 Å². The Morgan fingerprint density at radius 1 is 1.23 bits per heavy atom. The van der Waals surface area contributed by atoms with E-state index in [0.717, 1.165) is 69.5 Å². The molecule has 1 aromatic carbocycles. The van der Waals surface area contributed by atoms with E-state index in [1.54, 1.807) is 7.05 Å². The summed E-state index contributed by atoms with van der Waals surface area (Å²) >= 11 is 0. The first-order valence-corrected chi connectivity index (χ1v) is 10.4. The summed E-state index contributed by atoms with van der Waals surface area (Å²) in [5, 5.41) is 3.48. The van der Waals surface area contributed by atoms with Gasteiger partial charge in [0.2, 0.25) is 0 Å². The van der Waals surface area contributed by atoms with E-state index < -0.39 is 11.7 Å². The van der Waals surface area contributed by atoms with Crippen LogP contribution in [0.5, 0.6) is 0 Å². The molecule has 2 fully saturated rings. The van der Waals surface area contributed by atoms with Crippen molar-refractivity contribution in [2.45, 2.75) is 43.3 Å². The number of nitrogens with zero attached hydrogens (tertiary/aromatic N) is 3. The van der Waals surface area contributed by atoms with Crippen LogP contribution in [0.15, 0.2) is 41.4 Å². The predicted molar refractivity (Wildman–Crippen MR) is 124 cm³/mol. The Morgan fingerprint density at radius 3 is 2.57 bits per heavy atom. The molecule has 2 aliphatic heterocycles. The lowest BCUT2D eigenvalue weighted by atomic mass is 9.64. The number of halogens is 4. The van der Waals surface area contributed by atoms with Gasteiger partial charge in [-0.05, 0) is 30.9 Å². The number of aliphatic imine (C=N–C) groups is 1. The third-order valence-electron chi connectivity index (χ3n) is 6.74. The normalized spacial score (nSPS) is 23.9. The summed E-state index contributed by atoms with van der Waals surface area (Å²) < 4.78 is 39.5. The van der Waals surface area contributed by atoms with Crippen LogP contribution < -0.4 is 5.32 Å². The molecule has 166 valence electrons. The molecule has 0 amide bonds. The molecule has 1 N–H and O–H groups in total. The minimum absolute atomic E-state index is 0. The highest BCUT2D eigenvalue weighted by molar-refractivity contribution is 14.0. The van der Waals surface area contributed by atoms with E-state index in [1.165, 1.54) is 12.1 Å². The van der Waals surface area contributed by atoms with E-state index in [1.807, 2.05) is 6.07 Å². The fraction of sp³-hybridized carbons (Fsp3) is 0.591. The molecule has 3 aliphatic rings. The molecule has 1 atom stereocenters. The number of hydrogen-bond donors (Lipinski definition) is 1. The van der Waals surface area contributed by atoms with E-state index in [4.69, 9.17) is 0 Å². The third-order valence-corrected chi connectivity index (χ3v) is 6.74. The lowest BCUT2D eigenvalue weighted by Crippen LogP contribution is -2.50. The van der Waals surface area contributed by atoms with Gasteiger partial charge in [-0.2, -0.15) is 13.2 Å². The molecule has 1 unspecified atom stereocenters. The first-order valence-electron chi connectivity index (χ1n) is 10.4. The monoisotopic (exact) mass is 534 g/mol. The van der Waals surface area contributed by atoms with Gasteiger partial charge in [0, 0.05) is 51.2 Å². The Labute approximate surface area is 193 Å². The summed E-state index contributed by atoms with van der Waals surface area (Å²) in [5.74, 6) is 0.859. The molecule has 0 bridgehead atoms. The number of benzene rings is 1. The summed E-state index contributed by atoms with van der Waals surface area (Å²) in [6.45, 7) is 4.55. The summed E-state index contributed by atoms with van der Waals surface area (Å²) in [6.07, 6.45) is 4.09. The summed E-state index contributed by atoms with van der Waals surface area (Å²) in [4.78, 5) is 9.22. The minimum Gasteiger partial charge on any atom is -0.355 e. The average molecular weight is 534 g/mol. The number of likely N-dealkylation sites (tertiary alicyclic amines) is 1. The fourth-order valence-corrected chi connectivity index (χ4v) is 4.80. The van der Waals surface area contributed by atoms with Crippen LogP contribution in [0.1, 0.15) is 36.8 Å². The van der Waals surface area contributed by atoms with Crippen molar-refractivity contribution >= 4 is 29.9 Å². The first-order chi connectivity index (χ1) is 13.9. The molecule has 0 spiro atoms. The number of hydrogen-bond acceptors (Lipinski definition) is 2. The summed E-state index contributed by atoms with van der Waals surface area (Å²) in [5.41, 5.74) is -0.0221. The average Bonchev–Trinajstić information content (AvgIpc) is 3.35. The highest BCUT2D eigenvalue weighted by Crippen LogP contribution is 2.44. The zero-order chi connectivity index (χ0) is 20.5. The Kier molecular flexibility index (Phi) is 7.37. The number of nitrogens with one attached hydrogen (secondary N) is 1. The fourth-order valence-electron chi connectivity index (χ4n) is 4.80. The zero-order valence-corrected chi connectivity index (χ0v) is 19.6. The molecule has 4 nitrogen and oxygen atoms in total. The third kappa shape index (κ3) is 4.79. The van der Waals surface area contributed by atoms with Gasteiger partial charge in [-0.1, -0.05) is 36.8 Å². The molecular formula is C22H30F3IN4. The molecule has 30 heavy (non-hydrogen) atoms. The number of rotatable bonds is 4. The maximum atomic E-state index is 13.2. The van der Waals surface area contributed by atoms with Gasteiger partial charge in [0.25, 0.3) is 0 Å². The number of guanidine groups is 1. The van der Waals surface area contributed by atoms with Crippen molar-refractivity contribution in [1.82, 2.24) is 15.1 Å². The van der Waals surface area contributed by atoms with E-state index in [2.05, 4.69) is 32.3 Å². The molecule has 1 aliphatic carbocycles.